The molecule has 0 saturated carbocycles. The van der Waals surface area contributed by atoms with Gasteiger partial charge in [0.15, 0.2) is 11.6 Å². The summed E-state index contributed by atoms with van der Waals surface area (Å²) in [6.45, 7) is 2.89. The Hall–Kier alpha value is -3.35. The van der Waals surface area contributed by atoms with E-state index in [4.69, 9.17) is 4.74 Å². The number of piperazine rings is 1. The number of hydrogen-bond acceptors (Lipinski definition) is 5. The van der Waals surface area contributed by atoms with Crippen LogP contribution in [0.25, 0.3) is 5.82 Å². The maximum absolute atomic E-state index is 12.6. The molecule has 7 nitrogen and oxygen atoms in total. The van der Waals surface area contributed by atoms with E-state index in [1.165, 1.54) is 0 Å². The fourth-order valence-corrected chi connectivity index (χ4v) is 3.33. The number of amides is 1. The van der Waals surface area contributed by atoms with Gasteiger partial charge in [-0.3, -0.25) is 4.79 Å². The Balaban J connectivity index is 1.31. The zero-order valence-corrected chi connectivity index (χ0v) is 15.9. The maximum Gasteiger partial charge on any atom is 0.227 e. The van der Waals surface area contributed by atoms with Gasteiger partial charge in [0.1, 0.15) is 5.75 Å². The van der Waals surface area contributed by atoms with Gasteiger partial charge in [-0.15, -0.1) is 10.2 Å². The molecular formula is C21H23N5O2. The van der Waals surface area contributed by atoms with E-state index in [0.29, 0.717) is 19.5 Å². The van der Waals surface area contributed by atoms with Crippen molar-refractivity contribution in [1.82, 2.24) is 19.7 Å². The lowest BCUT2D eigenvalue weighted by Gasteiger charge is -2.35. The molecule has 1 aliphatic heterocycles. The summed E-state index contributed by atoms with van der Waals surface area (Å²) in [5, 5.41) is 8.65. The number of benzene rings is 1. The second-order valence-corrected chi connectivity index (χ2v) is 6.73. The van der Waals surface area contributed by atoms with Crippen LogP contribution >= 0.6 is 0 Å². The Morgan fingerprint density at radius 2 is 1.57 bits per heavy atom. The molecule has 0 N–H and O–H groups in total. The van der Waals surface area contributed by atoms with Crippen molar-refractivity contribution in [3.8, 4) is 11.6 Å². The fraction of sp³-hybridized carbons (Fsp3) is 0.286. The summed E-state index contributed by atoms with van der Waals surface area (Å²) < 4.78 is 7.08. The summed E-state index contributed by atoms with van der Waals surface area (Å²) in [5.41, 5.74) is 1.000. The largest absolute Gasteiger partial charge is 0.497 e. The number of anilines is 1. The van der Waals surface area contributed by atoms with Gasteiger partial charge in [-0.25, -0.2) is 0 Å². The highest BCUT2D eigenvalue weighted by molar-refractivity contribution is 5.79. The first-order valence-corrected chi connectivity index (χ1v) is 9.35. The van der Waals surface area contributed by atoms with Crippen LogP contribution in [-0.2, 0) is 11.2 Å². The van der Waals surface area contributed by atoms with Crippen molar-refractivity contribution >= 4 is 11.7 Å². The van der Waals surface area contributed by atoms with Gasteiger partial charge in [0.25, 0.3) is 0 Å². The molecule has 0 radical (unpaired) electrons. The Kier molecular flexibility index (Phi) is 5.23. The van der Waals surface area contributed by atoms with Gasteiger partial charge in [0.2, 0.25) is 5.91 Å². The van der Waals surface area contributed by atoms with Crippen LogP contribution in [0.15, 0.2) is 60.9 Å². The standard InChI is InChI=1S/C21H23N5O2/c1-28-18-6-4-17(5-7-18)16-21(27)26-14-12-25(13-15-26)20-9-8-19(22-23-20)24-10-2-3-11-24/h2-11H,12-16H2,1H3. The molecule has 3 aromatic rings. The molecule has 7 heteroatoms. The van der Waals surface area contributed by atoms with Crippen LogP contribution in [0.3, 0.4) is 0 Å². The summed E-state index contributed by atoms with van der Waals surface area (Å²) in [6, 6.07) is 15.5. The van der Waals surface area contributed by atoms with Crippen LogP contribution in [0.5, 0.6) is 5.75 Å². The minimum Gasteiger partial charge on any atom is -0.497 e. The molecule has 1 saturated heterocycles. The second kappa shape index (κ2) is 8.12. The molecule has 0 atom stereocenters. The smallest absolute Gasteiger partial charge is 0.227 e. The summed E-state index contributed by atoms with van der Waals surface area (Å²) in [5.74, 6) is 2.59. The lowest BCUT2D eigenvalue weighted by molar-refractivity contribution is -0.130. The summed E-state index contributed by atoms with van der Waals surface area (Å²) in [6.07, 6.45) is 4.29. The molecule has 0 aliphatic carbocycles. The molecule has 1 aliphatic rings. The van der Waals surface area contributed by atoms with E-state index in [9.17, 15) is 4.79 Å². The quantitative estimate of drug-likeness (QED) is 0.682. The van der Waals surface area contributed by atoms with Gasteiger partial charge < -0.3 is 19.1 Å². The van der Waals surface area contributed by atoms with Gasteiger partial charge >= 0.3 is 0 Å². The van der Waals surface area contributed by atoms with Gasteiger partial charge in [-0.1, -0.05) is 12.1 Å². The number of hydrogen-bond donors (Lipinski definition) is 0. The Labute approximate surface area is 164 Å². The van der Waals surface area contributed by atoms with Gasteiger partial charge in [0.05, 0.1) is 13.5 Å². The van der Waals surface area contributed by atoms with Crippen LogP contribution in [0.2, 0.25) is 0 Å². The Bertz CT molecular complexity index is 899. The van der Waals surface area contributed by atoms with Crippen LogP contribution in [0, 0.1) is 0 Å². The molecule has 0 unspecified atom stereocenters. The minimum atomic E-state index is 0.152. The number of carbonyl (C=O) groups is 1. The molecule has 1 fully saturated rings. The number of rotatable bonds is 5. The van der Waals surface area contributed by atoms with E-state index in [2.05, 4.69) is 15.1 Å². The zero-order chi connectivity index (χ0) is 19.3. The highest BCUT2D eigenvalue weighted by atomic mass is 16.5. The van der Waals surface area contributed by atoms with Crippen molar-refractivity contribution in [1.29, 1.82) is 0 Å². The summed E-state index contributed by atoms with van der Waals surface area (Å²) in [4.78, 5) is 16.7. The third-order valence-electron chi connectivity index (χ3n) is 4.98. The van der Waals surface area contributed by atoms with Crippen molar-refractivity contribution in [2.45, 2.75) is 6.42 Å². The van der Waals surface area contributed by atoms with Crippen LogP contribution in [0.4, 0.5) is 5.82 Å². The third kappa shape index (κ3) is 3.98. The Morgan fingerprint density at radius 1 is 0.929 bits per heavy atom. The molecule has 1 aromatic carbocycles. The van der Waals surface area contributed by atoms with Crippen LogP contribution < -0.4 is 9.64 Å². The first kappa shape index (κ1) is 18.0. The average molecular weight is 377 g/mol. The fourth-order valence-electron chi connectivity index (χ4n) is 3.33. The number of carbonyl (C=O) groups excluding carboxylic acids is 1. The van der Waals surface area contributed by atoms with Crippen molar-refractivity contribution in [3.63, 3.8) is 0 Å². The number of methoxy groups -OCH3 is 1. The molecule has 3 heterocycles. The second-order valence-electron chi connectivity index (χ2n) is 6.73. The molecule has 2 aromatic heterocycles. The average Bonchev–Trinajstić information content (AvgIpc) is 3.29. The van der Waals surface area contributed by atoms with Crippen molar-refractivity contribution in [3.05, 3.63) is 66.5 Å². The minimum absolute atomic E-state index is 0.152. The molecule has 0 bridgehead atoms. The van der Waals surface area contributed by atoms with Gasteiger partial charge in [-0.05, 0) is 42.0 Å². The maximum atomic E-state index is 12.6. The van der Waals surface area contributed by atoms with Crippen LogP contribution in [0.1, 0.15) is 5.56 Å². The van der Waals surface area contributed by atoms with Crippen molar-refractivity contribution in [2.24, 2.45) is 0 Å². The molecule has 0 spiro atoms. The zero-order valence-electron chi connectivity index (χ0n) is 15.9. The summed E-state index contributed by atoms with van der Waals surface area (Å²) in [7, 11) is 1.64. The monoisotopic (exact) mass is 377 g/mol. The van der Waals surface area contributed by atoms with Crippen LogP contribution in [-0.4, -0.2) is 58.9 Å². The highest BCUT2D eigenvalue weighted by Gasteiger charge is 2.22. The lowest BCUT2D eigenvalue weighted by Crippen LogP contribution is -2.49. The number of nitrogens with zero attached hydrogens (tertiary/aromatic N) is 5. The molecule has 4 rings (SSSR count). The number of ether oxygens (including phenoxy) is 1. The summed E-state index contributed by atoms with van der Waals surface area (Å²) >= 11 is 0. The van der Waals surface area contributed by atoms with E-state index < -0.39 is 0 Å². The molecule has 1 amide bonds. The molecular weight excluding hydrogens is 354 g/mol. The Morgan fingerprint density at radius 3 is 2.18 bits per heavy atom. The van der Waals surface area contributed by atoms with Gasteiger partial charge in [0, 0.05) is 38.6 Å². The van der Waals surface area contributed by atoms with E-state index in [1.807, 2.05) is 70.4 Å². The normalized spacial score (nSPS) is 14.2. The highest BCUT2D eigenvalue weighted by Crippen LogP contribution is 2.16. The first-order chi connectivity index (χ1) is 13.7. The molecule has 144 valence electrons. The third-order valence-corrected chi connectivity index (χ3v) is 4.98. The lowest BCUT2D eigenvalue weighted by atomic mass is 10.1. The van der Waals surface area contributed by atoms with E-state index in [0.717, 1.165) is 36.0 Å². The SMILES string of the molecule is COc1ccc(CC(=O)N2CCN(c3ccc(-n4cccc4)nn3)CC2)cc1. The predicted molar refractivity (Wildman–Crippen MR) is 107 cm³/mol. The molecule has 28 heavy (non-hydrogen) atoms. The predicted octanol–water partition coefficient (Wildman–Crippen LogP) is 2.17. The first-order valence-electron chi connectivity index (χ1n) is 9.35. The van der Waals surface area contributed by atoms with E-state index in [-0.39, 0.29) is 5.91 Å². The van der Waals surface area contributed by atoms with E-state index in [1.54, 1.807) is 7.11 Å². The topological polar surface area (TPSA) is 63.5 Å². The van der Waals surface area contributed by atoms with Gasteiger partial charge in [-0.2, -0.15) is 0 Å². The van der Waals surface area contributed by atoms with Crippen molar-refractivity contribution in [2.75, 3.05) is 38.2 Å². The van der Waals surface area contributed by atoms with Crippen molar-refractivity contribution < 1.29 is 9.53 Å². The van der Waals surface area contributed by atoms with E-state index >= 15 is 0 Å². The number of aromatic nitrogens is 3.